The van der Waals surface area contributed by atoms with Gasteiger partial charge in [0, 0.05) is 12.8 Å². The summed E-state index contributed by atoms with van der Waals surface area (Å²) in [5.41, 5.74) is -1.95. The molecule has 11 heteroatoms. The minimum atomic E-state index is -4.08. The van der Waals surface area contributed by atoms with E-state index in [1.165, 1.54) is 14.0 Å². The summed E-state index contributed by atoms with van der Waals surface area (Å²) in [6.45, 7) is 3.79. The summed E-state index contributed by atoms with van der Waals surface area (Å²) in [5.74, 6) is 0. The summed E-state index contributed by atoms with van der Waals surface area (Å²) >= 11 is 0. The van der Waals surface area contributed by atoms with Crippen molar-refractivity contribution >= 4 is 15.6 Å². The van der Waals surface area contributed by atoms with E-state index in [4.69, 9.17) is 14.5 Å². The van der Waals surface area contributed by atoms with Gasteiger partial charge in [-0.15, -0.1) is 0 Å². The second-order valence-electron chi connectivity index (χ2n) is 7.28. The Morgan fingerprint density at radius 2 is 1.63 bits per heavy atom. The van der Waals surface area contributed by atoms with Crippen molar-refractivity contribution in [3.8, 4) is 0 Å². The lowest BCUT2D eigenvalue weighted by Gasteiger charge is -2.41. The van der Waals surface area contributed by atoms with Gasteiger partial charge in [0.1, 0.15) is 0 Å². The normalized spacial score (nSPS) is 16.5. The Morgan fingerprint density at radius 1 is 1.07 bits per heavy atom. The van der Waals surface area contributed by atoms with Gasteiger partial charge in [-0.3, -0.25) is 14.0 Å². The maximum Gasteiger partial charge on any atom is 0.328 e. The summed E-state index contributed by atoms with van der Waals surface area (Å²) < 4.78 is 27.5. The lowest BCUT2D eigenvalue weighted by Crippen LogP contribution is -2.58. The molecule has 164 valence electrons. The van der Waals surface area contributed by atoms with Gasteiger partial charge in [-0.05, 0) is 38.8 Å². The standard InChI is InChI=1S/C16H37NO8P2/c1-14(26(20)21)7-6-10-17(16(11-18,12-19)13-25-3)9-5-4-8-15(2)27(22,23)24/h14-15,18-19,26H,4-13H2,1-3H3,(H,20,21)(H2,22,23,24). The number of aliphatic hydroxyl groups is 2. The molecule has 0 aromatic carbocycles. The fourth-order valence-electron chi connectivity index (χ4n) is 2.91. The lowest BCUT2D eigenvalue weighted by atomic mass is 9.98. The van der Waals surface area contributed by atoms with Crippen LogP contribution >= 0.6 is 15.6 Å². The topological polar surface area (TPSA) is 148 Å². The molecule has 0 heterocycles. The Balaban J connectivity index is 4.86. The number of nitrogens with zero attached hydrogens (tertiary/aromatic N) is 1. The van der Waals surface area contributed by atoms with Crippen LogP contribution in [0.2, 0.25) is 0 Å². The fourth-order valence-corrected chi connectivity index (χ4v) is 3.88. The minimum absolute atomic E-state index is 0.130. The monoisotopic (exact) mass is 433 g/mol. The quantitative estimate of drug-likeness (QED) is 0.178. The maximum absolute atomic E-state index is 11.2. The summed E-state index contributed by atoms with van der Waals surface area (Å²) in [6, 6.07) is 0. The van der Waals surface area contributed by atoms with Crippen LogP contribution in [0.3, 0.4) is 0 Å². The van der Waals surface area contributed by atoms with Crippen molar-refractivity contribution in [3.05, 3.63) is 0 Å². The minimum Gasteiger partial charge on any atom is -0.394 e. The molecule has 27 heavy (non-hydrogen) atoms. The van der Waals surface area contributed by atoms with Crippen molar-refractivity contribution in [2.45, 2.75) is 62.8 Å². The van der Waals surface area contributed by atoms with Crippen LogP contribution in [0.15, 0.2) is 0 Å². The van der Waals surface area contributed by atoms with E-state index >= 15 is 0 Å². The number of methoxy groups -OCH3 is 1. The molecule has 3 unspecified atom stereocenters. The number of hydrogen-bond acceptors (Lipinski definition) is 6. The van der Waals surface area contributed by atoms with Crippen LogP contribution in [0.4, 0.5) is 0 Å². The zero-order valence-electron chi connectivity index (χ0n) is 16.6. The molecule has 0 spiro atoms. The maximum atomic E-state index is 11.2. The van der Waals surface area contributed by atoms with E-state index in [-0.39, 0.29) is 25.5 Å². The van der Waals surface area contributed by atoms with Crippen molar-refractivity contribution in [1.29, 1.82) is 0 Å². The fraction of sp³-hybridized carbons (Fsp3) is 1.00. The molecule has 0 aliphatic rings. The summed E-state index contributed by atoms with van der Waals surface area (Å²) in [7, 11) is -5.17. The number of rotatable bonds is 16. The number of aliphatic hydroxyl groups excluding tert-OH is 2. The molecule has 0 saturated heterocycles. The number of unbranched alkanes of at least 4 members (excludes halogenated alkanes) is 1. The van der Waals surface area contributed by atoms with Crippen LogP contribution in [0.5, 0.6) is 0 Å². The molecule has 0 aromatic heterocycles. The lowest BCUT2D eigenvalue weighted by molar-refractivity contribution is -0.0598. The van der Waals surface area contributed by atoms with Gasteiger partial charge in [0.05, 0.1) is 31.0 Å². The molecule has 0 radical (unpaired) electrons. The average molecular weight is 433 g/mol. The predicted octanol–water partition coefficient (Wildman–Crippen LogP) is 1.03. The summed E-state index contributed by atoms with van der Waals surface area (Å²) in [5, 5.41) is 19.7. The van der Waals surface area contributed by atoms with Gasteiger partial charge in [-0.2, -0.15) is 0 Å². The van der Waals surface area contributed by atoms with Gasteiger partial charge in [0.2, 0.25) is 0 Å². The van der Waals surface area contributed by atoms with Crippen molar-refractivity contribution in [1.82, 2.24) is 4.90 Å². The van der Waals surface area contributed by atoms with Crippen LogP contribution in [0, 0.1) is 0 Å². The third-order valence-corrected chi connectivity index (χ3v) is 7.57. The van der Waals surface area contributed by atoms with Crippen LogP contribution in [-0.4, -0.2) is 86.7 Å². The first-order valence-corrected chi connectivity index (χ1v) is 12.4. The van der Waals surface area contributed by atoms with Crippen molar-refractivity contribution in [3.63, 3.8) is 0 Å². The largest absolute Gasteiger partial charge is 0.394 e. The van der Waals surface area contributed by atoms with Crippen LogP contribution in [-0.2, 0) is 13.9 Å². The highest BCUT2D eigenvalue weighted by Crippen LogP contribution is 2.43. The molecule has 0 aliphatic carbocycles. The molecular weight excluding hydrogens is 396 g/mol. The number of ether oxygens (including phenoxy) is 1. The molecule has 0 bridgehead atoms. The van der Waals surface area contributed by atoms with Gasteiger partial charge < -0.3 is 29.6 Å². The van der Waals surface area contributed by atoms with Gasteiger partial charge in [-0.1, -0.05) is 20.3 Å². The van der Waals surface area contributed by atoms with Crippen LogP contribution < -0.4 is 0 Å². The van der Waals surface area contributed by atoms with E-state index in [2.05, 4.69) is 0 Å². The van der Waals surface area contributed by atoms with E-state index in [9.17, 15) is 24.2 Å². The van der Waals surface area contributed by atoms with Gasteiger partial charge in [-0.25, -0.2) is 0 Å². The summed E-state index contributed by atoms with van der Waals surface area (Å²) in [4.78, 5) is 29.4. The molecule has 5 N–H and O–H groups in total. The smallest absolute Gasteiger partial charge is 0.328 e. The Bertz CT molecular complexity index is 469. The van der Waals surface area contributed by atoms with Gasteiger partial charge in [0.15, 0.2) is 8.03 Å². The molecule has 0 aliphatic heterocycles. The van der Waals surface area contributed by atoms with E-state index in [0.29, 0.717) is 45.2 Å². The number of hydrogen-bond donors (Lipinski definition) is 5. The molecule has 0 amide bonds. The summed E-state index contributed by atoms with van der Waals surface area (Å²) in [6.07, 6.45) is 2.81. The zero-order valence-corrected chi connectivity index (χ0v) is 18.5. The highest BCUT2D eigenvalue weighted by atomic mass is 31.2. The first kappa shape index (κ1) is 27.2. The molecular formula is C16H37NO8P2. The van der Waals surface area contributed by atoms with Crippen molar-refractivity contribution in [2.24, 2.45) is 0 Å². The molecule has 9 nitrogen and oxygen atoms in total. The molecule has 0 saturated carbocycles. The Morgan fingerprint density at radius 3 is 2.07 bits per heavy atom. The first-order valence-electron chi connectivity index (χ1n) is 9.27. The molecule has 0 aromatic rings. The zero-order chi connectivity index (χ0) is 21.1. The van der Waals surface area contributed by atoms with E-state index in [1.807, 2.05) is 4.90 Å². The third-order valence-electron chi connectivity index (χ3n) is 5.03. The third kappa shape index (κ3) is 9.97. The van der Waals surface area contributed by atoms with E-state index in [0.717, 1.165) is 0 Å². The predicted molar refractivity (Wildman–Crippen MR) is 106 cm³/mol. The average Bonchev–Trinajstić information content (AvgIpc) is 2.60. The van der Waals surface area contributed by atoms with E-state index in [1.54, 1.807) is 6.92 Å². The Hall–Kier alpha value is 0.180. The van der Waals surface area contributed by atoms with Gasteiger partial charge in [0.25, 0.3) is 0 Å². The van der Waals surface area contributed by atoms with E-state index < -0.39 is 26.8 Å². The van der Waals surface area contributed by atoms with Crippen molar-refractivity contribution < 1.29 is 38.8 Å². The molecule has 3 atom stereocenters. The Kier molecular flexibility index (Phi) is 13.5. The second kappa shape index (κ2) is 13.4. The van der Waals surface area contributed by atoms with Crippen LogP contribution in [0.25, 0.3) is 0 Å². The Labute approximate surface area is 162 Å². The molecule has 0 fully saturated rings. The highest BCUT2D eigenvalue weighted by Gasteiger charge is 2.35. The molecule has 0 rings (SSSR count). The SMILES string of the molecule is COCC(CO)(CO)N(CCCCC(C)P(=O)(O)O)CCCC(C)[PH](=O)O. The first-order chi connectivity index (χ1) is 12.5. The second-order valence-corrected chi connectivity index (χ2v) is 11.0. The van der Waals surface area contributed by atoms with Gasteiger partial charge >= 0.3 is 7.60 Å². The van der Waals surface area contributed by atoms with Crippen LogP contribution in [0.1, 0.15) is 46.0 Å². The highest BCUT2D eigenvalue weighted by molar-refractivity contribution is 7.52. The van der Waals surface area contributed by atoms with Crippen molar-refractivity contribution in [2.75, 3.05) is 40.0 Å².